The molecule has 0 unspecified atom stereocenters. The summed E-state index contributed by atoms with van der Waals surface area (Å²) in [6.07, 6.45) is -0.286. The van der Waals surface area contributed by atoms with E-state index in [9.17, 15) is 0 Å². The van der Waals surface area contributed by atoms with Crippen molar-refractivity contribution in [1.82, 2.24) is 5.32 Å². The number of aliphatic hydroxyl groups excluding tert-OH is 1. The summed E-state index contributed by atoms with van der Waals surface area (Å²) in [7, 11) is 0. The summed E-state index contributed by atoms with van der Waals surface area (Å²) in [5.74, 6) is 0. The van der Waals surface area contributed by atoms with Crippen LogP contribution in [0.4, 0.5) is 0 Å². The molecule has 0 spiro atoms. The largest absolute Gasteiger partial charge is 0.392 e. The average Bonchev–Trinajstić information content (AvgIpc) is 2.15. The Hall–Kier alpha value is -0.860. The van der Waals surface area contributed by atoms with Crippen LogP contribution < -0.4 is 5.32 Å². The van der Waals surface area contributed by atoms with E-state index >= 15 is 0 Å². The van der Waals surface area contributed by atoms with Gasteiger partial charge in [-0.3, -0.25) is 0 Å². The predicted octanol–water partition coefficient (Wildman–Crippen LogP) is 1.72. The summed E-state index contributed by atoms with van der Waals surface area (Å²) in [5.41, 5.74) is 1.25. The quantitative estimate of drug-likeness (QED) is 0.737. The molecule has 0 bridgehead atoms. The van der Waals surface area contributed by atoms with Crippen LogP contribution in [0.1, 0.15) is 25.5 Å². The Balaban J connectivity index is 2.44. The highest BCUT2D eigenvalue weighted by molar-refractivity contribution is 5.17. The average molecular weight is 179 g/mol. The third-order valence-electron chi connectivity index (χ3n) is 2.02. The summed E-state index contributed by atoms with van der Waals surface area (Å²) in [5, 5.41) is 12.3. The zero-order chi connectivity index (χ0) is 9.68. The molecule has 2 N–H and O–H groups in total. The molecule has 13 heavy (non-hydrogen) atoms. The zero-order valence-electron chi connectivity index (χ0n) is 8.20. The minimum Gasteiger partial charge on any atom is -0.392 e. The summed E-state index contributed by atoms with van der Waals surface area (Å²) in [4.78, 5) is 0. The Kier molecular flexibility index (Phi) is 3.93. The fraction of sp³-hybridized carbons (Fsp3) is 0.455. The van der Waals surface area contributed by atoms with Crippen molar-refractivity contribution in [2.24, 2.45) is 0 Å². The summed E-state index contributed by atoms with van der Waals surface area (Å²) in [6, 6.07) is 10.5. The van der Waals surface area contributed by atoms with Crippen molar-refractivity contribution in [2.45, 2.75) is 26.0 Å². The van der Waals surface area contributed by atoms with Gasteiger partial charge in [0.25, 0.3) is 0 Å². The van der Waals surface area contributed by atoms with Gasteiger partial charge >= 0.3 is 0 Å². The third kappa shape index (κ3) is 3.57. The second-order valence-corrected chi connectivity index (χ2v) is 3.39. The second-order valence-electron chi connectivity index (χ2n) is 3.39. The van der Waals surface area contributed by atoms with Crippen LogP contribution in [0.2, 0.25) is 0 Å². The van der Waals surface area contributed by atoms with E-state index in [1.54, 1.807) is 6.92 Å². The molecule has 0 amide bonds. The number of rotatable bonds is 4. The fourth-order valence-electron chi connectivity index (χ4n) is 1.21. The van der Waals surface area contributed by atoms with E-state index in [4.69, 9.17) is 5.11 Å². The van der Waals surface area contributed by atoms with E-state index in [2.05, 4.69) is 24.4 Å². The lowest BCUT2D eigenvalue weighted by Gasteiger charge is -2.15. The molecule has 2 heteroatoms. The Morgan fingerprint density at radius 1 is 1.23 bits per heavy atom. The van der Waals surface area contributed by atoms with Crippen LogP contribution in [0, 0.1) is 0 Å². The minimum atomic E-state index is -0.286. The molecule has 1 rings (SSSR count). The first-order valence-corrected chi connectivity index (χ1v) is 4.66. The molecule has 0 aliphatic rings. The number of benzene rings is 1. The van der Waals surface area contributed by atoms with E-state index in [1.807, 2.05) is 18.2 Å². The predicted molar refractivity (Wildman–Crippen MR) is 54.5 cm³/mol. The van der Waals surface area contributed by atoms with Crippen LogP contribution >= 0.6 is 0 Å². The van der Waals surface area contributed by atoms with Gasteiger partial charge in [-0.1, -0.05) is 30.3 Å². The molecule has 0 saturated carbocycles. The van der Waals surface area contributed by atoms with Gasteiger partial charge in [-0.25, -0.2) is 0 Å². The molecule has 2 atom stereocenters. The topological polar surface area (TPSA) is 32.3 Å². The monoisotopic (exact) mass is 179 g/mol. The van der Waals surface area contributed by atoms with Gasteiger partial charge in [0.1, 0.15) is 0 Å². The molecule has 0 radical (unpaired) electrons. The van der Waals surface area contributed by atoms with Gasteiger partial charge in [-0.2, -0.15) is 0 Å². The first kappa shape index (κ1) is 10.2. The van der Waals surface area contributed by atoms with Crippen molar-refractivity contribution in [3.8, 4) is 0 Å². The normalized spacial score (nSPS) is 15.3. The highest BCUT2D eigenvalue weighted by Gasteiger charge is 2.04. The van der Waals surface area contributed by atoms with Gasteiger partial charge in [0.2, 0.25) is 0 Å². The molecule has 1 aromatic rings. The molecule has 0 heterocycles. The fourth-order valence-corrected chi connectivity index (χ4v) is 1.21. The molecule has 0 aliphatic carbocycles. The molecule has 0 fully saturated rings. The van der Waals surface area contributed by atoms with Crippen LogP contribution in [0.3, 0.4) is 0 Å². The van der Waals surface area contributed by atoms with Crippen LogP contribution in [-0.2, 0) is 0 Å². The van der Waals surface area contributed by atoms with E-state index in [-0.39, 0.29) is 6.10 Å². The lowest BCUT2D eigenvalue weighted by molar-refractivity contribution is 0.187. The van der Waals surface area contributed by atoms with Crippen molar-refractivity contribution >= 4 is 0 Å². The van der Waals surface area contributed by atoms with Gasteiger partial charge in [0, 0.05) is 12.6 Å². The number of hydrogen-bond donors (Lipinski definition) is 2. The minimum absolute atomic E-state index is 0.286. The van der Waals surface area contributed by atoms with Gasteiger partial charge < -0.3 is 10.4 Å². The standard InChI is InChI=1S/C11H17NO/c1-9(13)8-12-10(2)11-6-4-3-5-7-11/h3-7,9-10,12-13H,8H2,1-2H3/t9-,10-/m1/s1. The van der Waals surface area contributed by atoms with E-state index in [0.717, 1.165) is 0 Å². The molecular formula is C11H17NO. The molecular weight excluding hydrogens is 162 g/mol. The van der Waals surface area contributed by atoms with Gasteiger partial charge in [-0.15, -0.1) is 0 Å². The van der Waals surface area contributed by atoms with Gasteiger partial charge in [-0.05, 0) is 19.4 Å². The maximum atomic E-state index is 9.09. The highest BCUT2D eigenvalue weighted by Crippen LogP contribution is 2.10. The van der Waals surface area contributed by atoms with Crippen LogP contribution in [0.15, 0.2) is 30.3 Å². The Morgan fingerprint density at radius 2 is 1.85 bits per heavy atom. The molecule has 72 valence electrons. The molecule has 0 saturated heterocycles. The van der Waals surface area contributed by atoms with Crippen LogP contribution in [0.25, 0.3) is 0 Å². The Morgan fingerprint density at radius 3 is 2.38 bits per heavy atom. The van der Waals surface area contributed by atoms with Crippen LogP contribution in [0.5, 0.6) is 0 Å². The summed E-state index contributed by atoms with van der Waals surface area (Å²) >= 11 is 0. The summed E-state index contributed by atoms with van der Waals surface area (Å²) in [6.45, 7) is 4.51. The molecule has 0 aliphatic heterocycles. The van der Waals surface area contributed by atoms with Crippen LogP contribution in [-0.4, -0.2) is 17.8 Å². The molecule has 0 aromatic heterocycles. The zero-order valence-corrected chi connectivity index (χ0v) is 8.20. The van der Waals surface area contributed by atoms with E-state index in [1.165, 1.54) is 5.56 Å². The number of hydrogen-bond acceptors (Lipinski definition) is 2. The van der Waals surface area contributed by atoms with Crippen molar-refractivity contribution in [1.29, 1.82) is 0 Å². The maximum absolute atomic E-state index is 9.09. The first-order chi connectivity index (χ1) is 6.20. The smallest absolute Gasteiger partial charge is 0.0636 e. The summed E-state index contributed by atoms with van der Waals surface area (Å²) < 4.78 is 0. The Bertz CT molecular complexity index is 233. The number of nitrogens with one attached hydrogen (secondary N) is 1. The lowest BCUT2D eigenvalue weighted by atomic mass is 10.1. The van der Waals surface area contributed by atoms with Crippen molar-refractivity contribution in [3.05, 3.63) is 35.9 Å². The first-order valence-electron chi connectivity index (χ1n) is 4.66. The SMILES string of the molecule is C[C@@H](O)CN[C@H](C)c1ccccc1. The van der Waals surface area contributed by atoms with Gasteiger partial charge in [0.15, 0.2) is 0 Å². The number of aliphatic hydroxyl groups is 1. The van der Waals surface area contributed by atoms with E-state index in [0.29, 0.717) is 12.6 Å². The molecule has 1 aromatic carbocycles. The van der Waals surface area contributed by atoms with E-state index < -0.39 is 0 Å². The van der Waals surface area contributed by atoms with Crippen molar-refractivity contribution < 1.29 is 5.11 Å². The third-order valence-corrected chi connectivity index (χ3v) is 2.02. The van der Waals surface area contributed by atoms with Gasteiger partial charge in [0.05, 0.1) is 6.10 Å². The lowest BCUT2D eigenvalue weighted by Crippen LogP contribution is -2.27. The highest BCUT2D eigenvalue weighted by atomic mass is 16.3. The van der Waals surface area contributed by atoms with Crippen molar-refractivity contribution in [3.63, 3.8) is 0 Å². The second kappa shape index (κ2) is 5.00. The maximum Gasteiger partial charge on any atom is 0.0636 e. The Labute approximate surface area is 79.6 Å². The molecule has 2 nitrogen and oxygen atoms in total. The van der Waals surface area contributed by atoms with Crippen molar-refractivity contribution in [2.75, 3.05) is 6.54 Å².